The van der Waals surface area contributed by atoms with E-state index in [1.54, 1.807) is 0 Å². The van der Waals surface area contributed by atoms with Crippen LogP contribution in [0.15, 0.2) is 0 Å². The predicted molar refractivity (Wildman–Crippen MR) is 45.0 cm³/mol. The Hall–Kier alpha value is -0.550. The third-order valence-corrected chi connectivity index (χ3v) is 2.66. The lowest BCUT2D eigenvalue weighted by atomic mass is 9.78. The molecule has 0 N–H and O–H groups in total. The minimum Gasteiger partial charge on any atom is -0.305 e. The molecule has 0 heterocycles. The maximum absolute atomic E-state index is 8.58. The van der Waals surface area contributed by atoms with Gasteiger partial charge in [-0.1, -0.05) is 6.42 Å². The molecule has 1 fully saturated rings. The summed E-state index contributed by atoms with van der Waals surface area (Å²) < 4.78 is 0. The van der Waals surface area contributed by atoms with E-state index in [1.165, 1.54) is 19.3 Å². The fraction of sp³-hybridized carbons (Fsp3) is 0.889. The van der Waals surface area contributed by atoms with E-state index in [4.69, 9.17) is 5.26 Å². The second kappa shape index (κ2) is 3.73. The Morgan fingerprint density at radius 2 is 2.18 bits per heavy atom. The van der Waals surface area contributed by atoms with Crippen molar-refractivity contribution in [3.8, 4) is 6.07 Å². The largest absolute Gasteiger partial charge is 0.305 e. The van der Waals surface area contributed by atoms with Crippen molar-refractivity contribution in [3.63, 3.8) is 0 Å². The third kappa shape index (κ3) is 1.94. The topological polar surface area (TPSA) is 27.0 Å². The van der Waals surface area contributed by atoms with Crippen LogP contribution in [0.2, 0.25) is 0 Å². The quantitative estimate of drug-likeness (QED) is 0.614. The summed E-state index contributed by atoms with van der Waals surface area (Å²) in [6.45, 7) is 0. The van der Waals surface area contributed by atoms with Gasteiger partial charge in [-0.2, -0.15) is 5.26 Å². The van der Waals surface area contributed by atoms with Crippen LogP contribution in [0.3, 0.4) is 0 Å². The molecule has 0 aliphatic heterocycles. The standard InChI is InChI=1S/C9H16N2/c1-11(2)9(6-7-10)8-4-3-5-8/h8-9H,3-6H2,1-2H3. The van der Waals surface area contributed by atoms with Crippen LogP contribution in [0.25, 0.3) is 0 Å². The highest BCUT2D eigenvalue weighted by atomic mass is 15.1. The summed E-state index contributed by atoms with van der Waals surface area (Å²) in [5.41, 5.74) is 0. The van der Waals surface area contributed by atoms with E-state index in [2.05, 4.69) is 25.1 Å². The summed E-state index contributed by atoms with van der Waals surface area (Å²) >= 11 is 0. The average molecular weight is 152 g/mol. The second-order valence-electron chi connectivity index (χ2n) is 3.58. The first kappa shape index (κ1) is 8.55. The lowest BCUT2D eigenvalue weighted by molar-refractivity contribution is 0.144. The second-order valence-corrected chi connectivity index (χ2v) is 3.58. The molecule has 0 radical (unpaired) electrons. The van der Waals surface area contributed by atoms with E-state index < -0.39 is 0 Å². The van der Waals surface area contributed by atoms with Crippen LogP contribution in [-0.4, -0.2) is 25.0 Å². The molecule has 0 spiro atoms. The number of nitrogens with zero attached hydrogens (tertiary/aromatic N) is 2. The number of nitriles is 1. The number of hydrogen-bond donors (Lipinski definition) is 0. The Labute approximate surface area is 68.8 Å². The van der Waals surface area contributed by atoms with E-state index >= 15 is 0 Å². The molecule has 62 valence electrons. The van der Waals surface area contributed by atoms with Crippen molar-refractivity contribution in [3.05, 3.63) is 0 Å². The van der Waals surface area contributed by atoms with Gasteiger partial charge in [-0.3, -0.25) is 0 Å². The Balaban J connectivity index is 2.39. The molecule has 0 saturated heterocycles. The van der Waals surface area contributed by atoms with Gasteiger partial charge in [-0.25, -0.2) is 0 Å². The Morgan fingerprint density at radius 1 is 1.55 bits per heavy atom. The zero-order valence-corrected chi connectivity index (χ0v) is 7.38. The summed E-state index contributed by atoms with van der Waals surface area (Å²) in [6.07, 6.45) is 4.70. The lowest BCUT2D eigenvalue weighted by Gasteiger charge is -2.36. The SMILES string of the molecule is CN(C)C(CC#N)C1CCC1. The van der Waals surface area contributed by atoms with Gasteiger partial charge in [0.05, 0.1) is 12.5 Å². The fourth-order valence-corrected chi connectivity index (χ4v) is 1.69. The number of hydrogen-bond acceptors (Lipinski definition) is 2. The molecule has 1 aliphatic rings. The van der Waals surface area contributed by atoms with E-state index in [0.29, 0.717) is 12.5 Å². The van der Waals surface area contributed by atoms with Gasteiger partial charge in [0.2, 0.25) is 0 Å². The van der Waals surface area contributed by atoms with Crippen molar-refractivity contribution in [1.29, 1.82) is 5.26 Å². The van der Waals surface area contributed by atoms with Crippen LogP contribution in [0.4, 0.5) is 0 Å². The molecular weight excluding hydrogens is 136 g/mol. The fourth-order valence-electron chi connectivity index (χ4n) is 1.69. The van der Waals surface area contributed by atoms with Gasteiger partial charge in [-0.05, 0) is 32.9 Å². The maximum Gasteiger partial charge on any atom is 0.0638 e. The van der Waals surface area contributed by atoms with Crippen molar-refractivity contribution in [1.82, 2.24) is 4.90 Å². The van der Waals surface area contributed by atoms with Gasteiger partial charge in [0.1, 0.15) is 0 Å². The Bertz CT molecular complexity index is 153. The first-order valence-corrected chi connectivity index (χ1v) is 4.29. The molecule has 0 aromatic rings. The first-order valence-electron chi connectivity index (χ1n) is 4.29. The molecule has 1 unspecified atom stereocenters. The normalized spacial score (nSPS) is 20.9. The highest BCUT2D eigenvalue weighted by Gasteiger charge is 2.28. The molecule has 0 aromatic heterocycles. The molecule has 0 amide bonds. The van der Waals surface area contributed by atoms with Crippen LogP contribution in [0.5, 0.6) is 0 Å². The van der Waals surface area contributed by atoms with Gasteiger partial charge in [0.15, 0.2) is 0 Å². The molecule has 1 rings (SSSR count). The van der Waals surface area contributed by atoms with Gasteiger partial charge in [0.25, 0.3) is 0 Å². The molecule has 0 bridgehead atoms. The Kier molecular flexibility index (Phi) is 2.90. The summed E-state index contributed by atoms with van der Waals surface area (Å²) in [6, 6.07) is 2.76. The van der Waals surface area contributed by atoms with Crippen molar-refractivity contribution >= 4 is 0 Å². The first-order chi connectivity index (χ1) is 5.25. The zero-order valence-electron chi connectivity index (χ0n) is 7.38. The summed E-state index contributed by atoms with van der Waals surface area (Å²) in [5, 5.41) is 8.58. The lowest BCUT2D eigenvalue weighted by Crippen LogP contribution is -2.38. The highest BCUT2D eigenvalue weighted by Crippen LogP contribution is 2.32. The molecule has 1 atom stereocenters. The van der Waals surface area contributed by atoms with Gasteiger partial charge >= 0.3 is 0 Å². The third-order valence-electron chi connectivity index (χ3n) is 2.66. The van der Waals surface area contributed by atoms with E-state index in [-0.39, 0.29) is 0 Å². The zero-order chi connectivity index (χ0) is 8.27. The Morgan fingerprint density at radius 3 is 2.45 bits per heavy atom. The van der Waals surface area contributed by atoms with Crippen LogP contribution >= 0.6 is 0 Å². The smallest absolute Gasteiger partial charge is 0.0638 e. The van der Waals surface area contributed by atoms with E-state index in [1.807, 2.05) is 0 Å². The minimum absolute atomic E-state index is 0.508. The minimum atomic E-state index is 0.508. The molecule has 1 aliphatic carbocycles. The van der Waals surface area contributed by atoms with Crippen molar-refractivity contribution in [2.24, 2.45) is 5.92 Å². The molecular formula is C9H16N2. The van der Waals surface area contributed by atoms with E-state index in [9.17, 15) is 0 Å². The van der Waals surface area contributed by atoms with Crippen molar-refractivity contribution in [2.45, 2.75) is 31.7 Å². The van der Waals surface area contributed by atoms with Gasteiger partial charge in [-0.15, -0.1) is 0 Å². The predicted octanol–water partition coefficient (Wildman–Crippen LogP) is 1.63. The van der Waals surface area contributed by atoms with E-state index in [0.717, 1.165) is 5.92 Å². The van der Waals surface area contributed by atoms with Gasteiger partial charge in [0, 0.05) is 6.04 Å². The molecule has 2 heteroatoms. The van der Waals surface area contributed by atoms with Crippen LogP contribution in [-0.2, 0) is 0 Å². The average Bonchev–Trinajstić information content (AvgIpc) is 1.82. The molecule has 11 heavy (non-hydrogen) atoms. The number of rotatable bonds is 3. The molecule has 2 nitrogen and oxygen atoms in total. The van der Waals surface area contributed by atoms with Crippen LogP contribution < -0.4 is 0 Å². The molecule has 0 aromatic carbocycles. The van der Waals surface area contributed by atoms with Crippen molar-refractivity contribution < 1.29 is 0 Å². The maximum atomic E-state index is 8.58. The van der Waals surface area contributed by atoms with Gasteiger partial charge < -0.3 is 4.90 Å². The summed E-state index contributed by atoms with van der Waals surface area (Å²) in [7, 11) is 4.14. The highest BCUT2D eigenvalue weighted by molar-refractivity contribution is 4.89. The van der Waals surface area contributed by atoms with Crippen LogP contribution in [0, 0.1) is 17.2 Å². The summed E-state index contributed by atoms with van der Waals surface area (Å²) in [4.78, 5) is 2.19. The van der Waals surface area contributed by atoms with Crippen molar-refractivity contribution in [2.75, 3.05) is 14.1 Å². The monoisotopic (exact) mass is 152 g/mol. The van der Waals surface area contributed by atoms with Crippen LogP contribution in [0.1, 0.15) is 25.7 Å². The summed E-state index contributed by atoms with van der Waals surface area (Å²) in [5.74, 6) is 0.796. The molecule has 1 saturated carbocycles.